The third kappa shape index (κ3) is 3.43. The third-order valence-corrected chi connectivity index (χ3v) is 5.27. The van der Waals surface area contributed by atoms with Crippen molar-refractivity contribution < 1.29 is 23.6 Å². The summed E-state index contributed by atoms with van der Waals surface area (Å²) in [6.45, 7) is 0.729. The molecule has 154 valence electrons. The van der Waals surface area contributed by atoms with Crippen LogP contribution in [-0.4, -0.2) is 34.6 Å². The average Bonchev–Trinajstić information content (AvgIpc) is 2.96. The van der Waals surface area contributed by atoms with Crippen LogP contribution in [-0.2, 0) is 22.7 Å². The number of piperidine rings is 1. The Morgan fingerprint density at radius 3 is 2.30 bits per heavy atom. The largest absolute Gasteiger partial charge is 0.379 e. The second-order valence-electron chi connectivity index (χ2n) is 7.20. The Labute approximate surface area is 171 Å². The van der Waals surface area contributed by atoms with Crippen LogP contribution in [0, 0.1) is 5.82 Å². The molecule has 1 saturated heterocycles. The highest BCUT2D eigenvalue weighted by Gasteiger charge is 2.45. The van der Waals surface area contributed by atoms with Gasteiger partial charge in [0.15, 0.2) is 0 Å². The number of rotatable bonds is 5. The summed E-state index contributed by atoms with van der Waals surface area (Å²) < 4.78 is 14.6. The standard InChI is InChI=1S/C21H19FN4O4/c22-15-7-13-14(8-16(15)24-10-12-3-1-11(9-23)2-4-12)21(30)26(20(13)29)17-5-6-18(27)25-19(17)28/h1-4,7-8,17,24H,5-6,9-10,23H2,(H,25,27,28). The van der Waals surface area contributed by atoms with E-state index in [1.165, 1.54) is 6.07 Å². The fraction of sp³-hybridized carbons (Fsp3) is 0.238. The van der Waals surface area contributed by atoms with Crippen LogP contribution in [0.3, 0.4) is 0 Å². The number of hydrogen-bond donors (Lipinski definition) is 3. The number of fused-ring (bicyclic) bond motifs is 1. The molecule has 2 aliphatic rings. The number of imide groups is 2. The minimum atomic E-state index is -1.09. The highest BCUT2D eigenvalue weighted by molar-refractivity contribution is 6.23. The van der Waals surface area contributed by atoms with Crippen LogP contribution in [0.15, 0.2) is 36.4 Å². The molecule has 0 bridgehead atoms. The molecule has 1 unspecified atom stereocenters. The second kappa shape index (κ2) is 7.68. The van der Waals surface area contributed by atoms with Crippen molar-refractivity contribution in [1.29, 1.82) is 0 Å². The van der Waals surface area contributed by atoms with E-state index in [1.807, 2.05) is 24.3 Å². The zero-order chi connectivity index (χ0) is 21.4. The number of anilines is 1. The van der Waals surface area contributed by atoms with Crippen LogP contribution >= 0.6 is 0 Å². The van der Waals surface area contributed by atoms with Gasteiger partial charge in [-0.15, -0.1) is 0 Å². The maximum atomic E-state index is 14.6. The number of halogens is 1. The summed E-state index contributed by atoms with van der Waals surface area (Å²) in [5, 5.41) is 5.05. The Hall–Kier alpha value is -3.59. The summed E-state index contributed by atoms with van der Waals surface area (Å²) in [7, 11) is 0. The molecule has 8 nitrogen and oxygen atoms in total. The van der Waals surface area contributed by atoms with Gasteiger partial charge in [0.25, 0.3) is 11.8 Å². The fourth-order valence-electron chi connectivity index (χ4n) is 3.62. The van der Waals surface area contributed by atoms with Gasteiger partial charge < -0.3 is 11.1 Å². The number of hydrogen-bond acceptors (Lipinski definition) is 6. The summed E-state index contributed by atoms with van der Waals surface area (Å²) in [5.74, 6) is -3.27. The molecule has 2 heterocycles. The Kier molecular flexibility index (Phi) is 5.04. The first-order valence-corrected chi connectivity index (χ1v) is 9.46. The molecule has 4 amide bonds. The molecule has 0 spiro atoms. The molecule has 4 rings (SSSR count). The van der Waals surface area contributed by atoms with Crippen LogP contribution < -0.4 is 16.4 Å². The number of carbonyl (C=O) groups is 4. The van der Waals surface area contributed by atoms with Crippen molar-refractivity contribution in [2.24, 2.45) is 5.73 Å². The number of benzene rings is 2. The number of nitrogens with two attached hydrogens (primary N) is 1. The molecular formula is C21H19FN4O4. The Bertz CT molecular complexity index is 1070. The lowest BCUT2D eigenvalue weighted by atomic mass is 10.0. The topological polar surface area (TPSA) is 122 Å². The summed E-state index contributed by atoms with van der Waals surface area (Å²) in [5.41, 5.74) is 7.43. The van der Waals surface area contributed by atoms with Crippen molar-refractivity contribution in [3.8, 4) is 0 Å². The van der Waals surface area contributed by atoms with E-state index in [-0.39, 0.29) is 29.7 Å². The monoisotopic (exact) mass is 410 g/mol. The predicted octanol–water partition coefficient (Wildman–Crippen LogP) is 1.30. The van der Waals surface area contributed by atoms with E-state index in [1.54, 1.807) is 0 Å². The minimum Gasteiger partial charge on any atom is -0.379 e. The molecule has 4 N–H and O–H groups in total. The Balaban J connectivity index is 1.55. The molecule has 0 radical (unpaired) electrons. The lowest BCUT2D eigenvalue weighted by Gasteiger charge is -2.27. The molecule has 1 atom stereocenters. The molecule has 0 saturated carbocycles. The molecule has 2 aromatic rings. The van der Waals surface area contributed by atoms with E-state index in [4.69, 9.17) is 5.73 Å². The number of nitrogens with zero attached hydrogens (tertiary/aromatic N) is 1. The van der Waals surface area contributed by atoms with Gasteiger partial charge in [0.05, 0.1) is 16.8 Å². The third-order valence-electron chi connectivity index (χ3n) is 5.27. The quantitative estimate of drug-likeness (QED) is 0.639. The average molecular weight is 410 g/mol. The summed E-state index contributed by atoms with van der Waals surface area (Å²) >= 11 is 0. The SMILES string of the molecule is NCc1ccc(CNc2cc3c(cc2F)C(=O)N(C2CCC(=O)NC2=O)C3=O)cc1. The lowest BCUT2D eigenvalue weighted by Crippen LogP contribution is -2.54. The van der Waals surface area contributed by atoms with E-state index >= 15 is 0 Å². The highest BCUT2D eigenvalue weighted by Crippen LogP contribution is 2.31. The summed E-state index contributed by atoms with van der Waals surface area (Å²) in [4.78, 5) is 49.8. The van der Waals surface area contributed by atoms with Crippen LogP contribution in [0.2, 0.25) is 0 Å². The van der Waals surface area contributed by atoms with Gasteiger partial charge in [-0.25, -0.2) is 4.39 Å². The predicted molar refractivity (Wildman–Crippen MR) is 105 cm³/mol. The van der Waals surface area contributed by atoms with E-state index in [0.717, 1.165) is 22.1 Å². The number of nitrogens with one attached hydrogen (secondary N) is 2. The van der Waals surface area contributed by atoms with Gasteiger partial charge in [-0.05, 0) is 29.7 Å². The minimum absolute atomic E-state index is 0.0204. The lowest BCUT2D eigenvalue weighted by molar-refractivity contribution is -0.136. The van der Waals surface area contributed by atoms with Crippen molar-refractivity contribution in [3.05, 3.63) is 64.5 Å². The molecule has 1 fully saturated rings. The molecular weight excluding hydrogens is 391 g/mol. The second-order valence-corrected chi connectivity index (χ2v) is 7.20. The zero-order valence-corrected chi connectivity index (χ0v) is 15.9. The smallest absolute Gasteiger partial charge is 0.262 e. The Morgan fingerprint density at radius 1 is 1.03 bits per heavy atom. The van der Waals surface area contributed by atoms with E-state index < -0.39 is 35.5 Å². The van der Waals surface area contributed by atoms with E-state index in [0.29, 0.717) is 13.1 Å². The van der Waals surface area contributed by atoms with Crippen molar-refractivity contribution in [2.45, 2.75) is 32.0 Å². The highest BCUT2D eigenvalue weighted by atomic mass is 19.1. The summed E-state index contributed by atoms with van der Waals surface area (Å²) in [6.07, 6.45) is 0.0659. The van der Waals surface area contributed by atoms with Gasteiger partial charge in [0.1, 0.15) is 11.9 Å². The number of carbonyl (C=O) groups excluding carboxylic acids is 4. The van der Waals surface area contributed by atoms with E-state index in [9.17, 15) is 23.6 Å². The van der Waals surface area contributed by atoms with Gasteiger partial charge in [-0.3, -0.25) is 29.4 Å². The maximum absolute atomic E-state index is 14.6. The van der Waals surface area contributed by atoms with Crippen LogP contribution in [0.1, 0.15) is 44.7 Å². The van der Waals surface area contributed by atoms with Crippen LogP contribution in [0.25, 0.3) is 0 Å². The molecule has 0 aliphatic carbocycles. The first-order valence-electron chi connectivity index (χ1n) is 9.46. The molecule has 0 aromatic heterocycles. The van der Waals surface area contributed by atoms with Crippen LogP contribution in [0.4, 0.5) is 10.1 Å². The maximum Gasteiger partial charge on any atom is 0.262 e. The van der Waals surface area contributed by atoms with E-state index in [2.05, 4.69) is 10.6 Å². The van der Waals surface area contributed by atoms with Gasteiger partial charge >= 0.3 is 0 Å². The Morgan fingerprint density at radius 2 is 1.67 bits per heavy atom. The van der Waals surface area contributed by atoms with Crippen molar-refractivity contribution in [2.75, 3.05) is 5.32 Å². The van der Waals surface area contributed by atoms with Gasteiger partial charge in [-0.1, -0.05) is 24.3 Å². The van der Waals surface area contributed by atoms with Crippen molar-refractivity contribution in [3.63, 3.8) is 0 Å². The molecule has 30 heavy (non-hydrogen) atoms. The molecule has 2 aromatic carbocycles. The van der Waals surface area contributed by atoms with Gasteiger partial charge in [0.2, 0.25) is 11.8 Å². The van der Waals surface area contributed by atoms with Gasteiger partial charge in [-0.2, -0.15) is 0 Å². The normalized spacial score (nSPS) is 18.5. The van der Waals surface area contributed by atoms with Crippen molar-refractivity contribution in [1.82, 2.24) is 10.2 Å². The first kappa shape index (κ1) is 19.7. The summed E-state index contributed by atoms with van der Waals surface area (Å²) in [6, 6.07) is 8.66. The number of amides is 4. The first-order chi connectivity index (χ1) is 14.4. The zero-order valence-electron chi connectivity index (χ0n) is 15.9. The molecule has 2 aliphatic heterocycles. The van der Waals surface area contributed by atoms with Crippen molar-refractivity contribution >= 4 is 29.3 Å². The van der Waals surface area contributed by atoms with Gasteiger partial charge in [0, 0.05) is 19.5 Å². The fourth-order valence-corrected chi connectivity index (χ4v) is 3.62. The van der Waals surface area contributed by atoms with Crippen LogP contribution in [0.5, 0.6) is 0 Å². The molecule has 9 heteroatoms.